The Bertz CT molecular complexity index is 699. The van der Waals surface area contributed by atoms with Crippen LogP contribution in [0.15, 0.2) is 55.1 Å². The van der Waals surface area contributed by atoms with Gasteiger partial charge in [0, 0.05) is 6.54 Å². The summed E-state index contributed by atoms with van der Waals surface area (Å²) in [6, 6.07) is 14.9. The second-order valence-electron chi connectivity index (χ2n) is 5.01. The summed E-state index contributed by atoms with van der Waals surface area (Å²) < 4.78 is 0. The number of carbonyl (C=O) groups excluding carboxylic acids is 2. The van der Waals surface area contributed by atoms with Crippen molar-refractivity contribution in [1.82, 2.24) is 4.90 Å². The van der Waals surface area contributed by atoms with Crippen molar-refractivity contribution in [3.8, 4) is 0 Å². The lowest BCUT2D eigenvalue weighted by molar-refractivity contribution is 0.0656. The number of fused-ring (bicyclic) bond motifs is 1. The Morgan fingerprint density at radius 2 is 1.62 bits per heavy atom. The lowest BCUT2D eigenvalue weighted by Crippen LogP contribution is -2.31. The summed E-state index contributed by atoms with van der Waals surface area (Å²) >= 11 is 0. The molecule has 3 rings (SSSR count). The van der Waals surface area contributed by atoms with Crippen molar-refractivity contribution < 1.29 is 9.59 Å². The first-order chi connectivity index (χ1) is 10.2. The SMILES string of the molecule is C=Cc1cccc(CCN2C(=O)c3ccccc3C2=O)c1. The van der Waals surface area contributed by atoms with Crippen LogP contribution in [0.1, 0.15) is 31.8 Å². The molecule has 2 aromatic carbocycles. The van der Waals surface area contributed by atoms with Crippen molar-refractivity contribution in [1.29, 1.82) is 0 Å². The Morgan fingerprint density at radius 3 is 2.24 bits per heavy atom. The van der Waals surface area contributed by atoms with Crippen LogP contribution in [-0.4, -0.2) is 23.3 Å². The van der Waals surface area contributed by atoms with Gasteiger partial charge < -0.3 is 0 Å². The molecule has 1 aliphatic rings. The van der Waals surface area contributed by atoms with E-state index in [0.29, 0.717) is 24.1 Å². The summed E-state index contributed by atoms with van der Waals surface area (Å²) in [5, 5.41) is 0. The quantitative estimate of drug-likeness (QED) is 0.805. The summed E-state index contributed by atoms with van der Waals surface area (Å²) in [5.74, 6) is -0.397. The van der Waals surface area contributed by atoms with E-state index in [0.717, 1.165) is 11.1 Å². The van der Waals surface area contributed by atoms with E-state index in [9.17, 15) is 9.59 Å². The first-order valence-electron chi connectivity index (χ1n) is 6.87. The molecular weight excluding hydrogens is 262 g/mol. The van der Waals surface area contributed by atoms with E-state index in [2.05, 4.69) is 6.58 Å². The zero-order valence-corrected chi connectivity index (χ0v) is 11.6. The highest BCUT2D eigenvalue weighted by Gasteiger charge is 2.34. The highest BCUT2D eigenvalue weighted by atomic mass is 16.2. The van der Waals surface area contributed by atoms with E-state index >= 15 is 0 Å². The minimum absolute atomic E-state index is 0.199. The molecule has 3 nitrogen and oxygen atoms in total. The summed E-state index contributed by atoms with van der Waals surface area (Å²) in [7, 11) is 0. The van der Waals surface area contributed by atoms with Gasteiger partial charge in [-0.3, -0.25) is 14.5 Å². The topological polar surface area (TPSA) is 37.4 Å². The zero-order chi connectivity index (χ0) is 14.8. The molecule has 0 N–H and O–H groups in total. The Hall–Kier alpha value is -2.68. The minimum Gasteiger partial charge on any atom is -0.274 e. The number of benzene rings is 2. The lowest BCUT2D eigenvalue weighted by Gasteiger charge is -2.13. The maximum atomic E-state index is 12.2. The van der Waals surface area contributed by atoms with E-state index < -0.39 is 0 Å². The zero-order valence-electron chi connectivity index (χ0n) is 11.6. The van der Waals surface area contributed by atoms with Crippen LogP contribution in [0.5, 0.6) is 0 Å². The first kappa shape index (κ1) is 13.3. The molecule has 104 valence electrons. The van der Waals surface area contributed by atoms with Gasteiger partial charge in [-0.15, -0.1) is 0 Å². The van der Waals surface area contributed by atoms with Gasteiger partial charge in [-0.25, -0.2) is 0 Å². The third kappa shape index (κ3) is 2.38. The van der Waals surface area contributed by atoms with Gasteiger partial charge in [0.05, 0.1) is 11.1 Å². The molecule has 21 heavy (non-hydrogen) atoms. The molecule has 0 fully saturated rings. The van der Waals surface area contributed by atoms with Crippen LogP contribution < -0.4 is 0 Å². The standard InChI is InChI=1S/C18H15NO2/c1-2-13-6-5-7-14(12-13)10-11-19-17(20)15-8-3-4-9-16(15)18(19)21/h2-9,12H,1,10-11H2. The maximum absolute atomic E-state index is 12.2. The third-order valence-electron chi connectivity index (χ3n) is 3.69. The maximum Gasteiger partial charge on any atom is 0.261 e. The molecule has 0 saturated heterocycles. The molecule has 2 aromatic rings. The molecule has 0 saturated carbocycles. The van der Waals surface area contributed by atoms with E-state index in [1.807, 2.05) is 24.3 Å². The van der Waals surface area contributed by atoms with Crippen molar-refractivity contribution in [3.05, 3.63) is 77.4 Å². The van der Waals surface area contributed by atoms with Crippen LogP contribution in [0.2, 0.25) is 0 Å². The number of hydrogen-bond acceptors (Lipinski definition) is 2. The molecule has 2 amide bonds. The van der Waals surface area contributed by atoms with Gasteiger partial charge in [-0.1, -0.05) is 49.1 Å². The summed E-state index contributed by atoms with van der Waals surface area (Å²) in [6.45, 7) is 4.14. The van der Waals surface area contributed by atoms with Crippen LogP contribution in [-0.2, 0) is 6.42 Å². The fourth-order valence-electron chi connectivity index (χ4n) is 2.56. The van der Waals surface area contributed by atoms with Crippen molar-refractivity contribution in [2.24, 2.45) is 0 Å². The van der Waals surface area contributed by atoms with Gasteiger partial charge in [-0.2, -0.15) is 0 Å². The predicted molar refractivity (Wildman–Crippen MR) is 82.0 cm³/mol. The van der Waals surface area contributed by atoms with E-state index in [1.165, 1.54) is 4.90 Å². The number of nitrogens with zero attached hydrogens (tertiary/aromatic N) is 1. The molecule has 1 aliphatic heterocycles. The van der Waals surface area contributed by atoms with Gasteiger partial charge in [0.1, 0.15) is 0 Å². The lowest BCUT2D eigenvalue weighted by atomic mass is 10.1. The number of amides is 2. The average molecular weight is 277 g/mol. The van der Waals surface area contributed by atoms with Gasteiger partial charge in [0.2, 0.25) is 0 Å². The second-order valence-corrected chi connectivity index (χ2v) is 5.01. The monoisotopic (exact) mass is 277 g/mol. The van der Waals surface area contributed by atoms with Crippen LogP contribution >= 0.6 is 0 Å². The molecule has 0 atom stereocenters. The van der Waals surface area contributed by atoms with Gasteiger partial charge in [0.15, 0.2) is 0 Å². The van der Waals surface area contributed by atoms with Crippen molar-refractivity contribution >= 4 is 17.9 Å². The Kier molecular flexibility index (Phi) is 3.40. The first-order valence-corrected chi connectivity index (χ1v) is 6.87. The highest BCUT2D eigenvalue weighted by Crippen LogP contribution is 2.22. The number of rotatable bonds is 4. The Labute approximate surface area is 123 Å². The van der Waals surface area contributed by atoms with Crippen LogP contribution in [0.3, 0.4) is 0 Å². The molecular formula is C18H15NO2. The Balaban J connectivity index is 1.76. The molecule has 1 heterocycles. The van der Waals surface area contributed by atoms with Gasteiger partial charge in [0.25, 0.3) is 11.8 Å². The third-order valence-corrected chi connectivity index (χ3v) is 3.69. The fourth-order valence-corrected chi connectivity index (χ4v) is 2.56. The van der Waals surface area contributed by atoms with E-state index in [4.69, 9.17) is 0 Å². The van der Waals surface area contributed by atoms with Crippen molar-refractivity contribution in [2.75, 3.05) is 6.54 Å². The molecule has 0 aliphatic carbocycles. The van der Waals surface area contributed by atoms with Crippen LogP contribution in [0.4, 0.5) is 0 Å². The molecule has 0 aromatic heterocycles. The van der Waals surface area contributed by atoms with Crippen LogP contribution in [0.25, 0.3) is 6.08 Å². The van der Waals surface area contributed by atoms with Gasteiger partial charge >= 0.3 is 0 Å². The van der Waals surface area contributed by atoms with Crippen molar-refractivity contribution in [3.63, 3.8) is 0 Å². The predicted octanol–water partition coefficient (Wildman–Crippen LogP) is 3.17. The fraction of sp³-hybridized carbons (Fsp3) is 0.111. The van der Waals surface area contributed by atoms with Gasteiger partial charge in [-0.05, 0) is 29.7 Å². The summed E-state index contributed by atoms with van der Waals surface area (Å²) in [5.41, 5.74) is 3.13. The summed E-state index contributed by atoms with van der Waals surface area (Å²) in [4.78, 5) is 25.8. The second kappa shape index (κ2) is 5.37. The molecule has 0 bridgehead atoms. The largest absolute Gasteiger partial charge is 0.274 e. The van der Waals surface area contributed by atoms with Crippen LogP contribution in [0, 0.1) is 0 Å². The molecule has 0 radical (unpaired) electrons. The smallest absolute Gasteiger partial charge is 0.261 e. The van der Waals surface area contributed by atoms with E-state index in [-0.39, 0.29) is 11.8 Å². The Morgan fingerprint density at radius 1 is 0.952 bits per heavy atom. The van der Waals surface area contributed by atoms with E-state index in [1.54, 1.807) is 30.3 Å². The highest BCUT2D eigenvalue weighted by molar-refractivity contribution is 6.21. The molecule has 0 spiro atoms. The average Bonchev–Trinajstić information content (AvgIpc) is 2.78. The normalized spacial score (nSPS) is 13.4. The molecule has 3 heteroatoms. The van der Waals surface area contributed by atoms with Crippen molar-refractivity contribution in [2.45, 2.75) is 6.42 Å². The number of carbonyl (C=O) groups is 2. The molecule has 0 unspecified atom stereocenters. The number of imide groups is 1. The minimum atomic E-state index is -0.199. The number of hydrogen-bond donors (Lipinski definition) is 0. The summed E-state index contributed by atoms with van der Waals surface area (Å²) in [6.07, 6.45) is 2.43.